The lowest BCUT2D eigenvalue weighted by Crippen LogP contribution is -2.43. The van der Waals surface area contributed by atoms with Gasteiger partial charge in [-0.3, -0.25) is 0 Å². The predicted octanol–water partition coefficient (Wildman–Crippen LogP) is 2.11. The summed E-state index contributed by atoms with van der Waals surface area (Å²) in [5.74, 6) is -0.240. The highest BCUT2D eigenvalue weighted by Crippen LogP contribution is 2.28. The van der Waals surface area contributed by atoms with Gasteiger partial charge in [-0.15, -0.1) is 12.4 Å². The molecule has 0 saturated carbocycles. The Kier molecular flexibility index (Phi) is 3.73. The van der Waals surface area contributed by atoms with Crippen LogP contribution < -0.4 is 10.2 Å². The van der Waals surface area contributed by atoms with Crippen molar-refractivity contribution >= 4 is 29.1 Å². The van der Waals surface area contributed by atoms with E-state index in [9.17, 15) is 4.39 Å². The van der Waals surface area contributed by atoms with Crippen LogP contribution in [0.5, 0.6) is 0 Å². The number of rotatable bonds is 1. The van der Waals surface area contributed by atoms with E-state index in [0.29, 0.717) is 11.3 Å². The highest BCUT2D eigenvalue weighted by molar-refractivity contribution is 5.85. The summed E-state index contributed by atoms with van der Waals surface area (Å²) in [5.41, 5.74) is 1.96. The Morgan fingerprint density at radius 2 is 2.06 bits per heavy atom. The second-order valence-electron chi connectivity index (χ2n) is 4.30. The zero-order valence-corrected chi connectivity index (χ0v) is 10.9. The quantitative estimate of drug-likeness (QED) is 0.863. The normalized spacial score (nSPS) is 15.8. The Morgan fingerprint density at radius 3 is 2.78 bits per heavy atom. The molecule has 0 atom stereocenters. The number of hydrogen-bond acceptors (Lipinski definition) is 4. The van der Waals surface area contributed by atoms with Crippen LogP contribution in [-0.4, -0.2) is 31.3 Å². The van der Waals surface area contributed by atoms with Crippen molar-refractivity contribution < 1.29 is 8.91 Å². The first kappa shape index (κ1) is 13.1. The van der Waals surface area contributed by atoms with Gasteiger partial charge in [0.15, 0.2) is 5.58 Å². The molecule has 0 spiro atoms. The molecule has 1 N–H and O–H groups in total. The lowest BCUT2D eigenvalue weighted by Gasteiger charge is -2.29. The Labute approximate surface area is 111 Å². The summed E-state index contributed by atoms with van der Waals surface area (Å²) >= 11 is 0. The summed E-state index contributed by atoms with van der Waals surface area (Å²) in [6.07, 6.45) is 0. The molecule has 2 aromatic rings. The Morgan fingerprint density at radius 1 is 1.33 bits per heavy atom. The van der Waals surface area contributed by atoms with Gasteiger partial charge in [-0.05, 0) is 13.0 Å². The van der Waals surface area contributed by atoms with Crippen LogP contribution >= 0.6 is 12.4 Å². The molecular weight excluding hydrogens is 257 g/mol. The molecule has 0 unspecified atom stereocenters. The SMILES string of the molecule is Cc1noc2cc(F)c(N3CCNCC3)cc12.Cl. The van der Waals surface area contributed by atoms with Crippen molar-refractivity contribution in [3.63, 3.8) is 0 Å². The third kappa shape index (κ3) is 2.15. The second kappa shape index (κ2) is 5.12. The maximum absolute atomic E-state index is 14.0. The van der Waals surface area contributed by atoms with E-state index >= 15 is 0 Å². The molecule has 0 bridgehead atoms. The van der Waals surface area contributed by atoms with Crippen LogP contribution in [0.3, 0.4) is 0 Å². The van der Waals surface area contributed by atoms with Gasteiger partial charge in [0.2, 0.25) is 0 Å². The van der Waals surface area contributed by atoms with E-state index < -0.39 is 0 Å². The van der Waals surface area contributed by atoms with Gasteiger partial charge in [-0.2, -0.15) is 0 Å². The van der Waals surface area contributed by atoms with E-state index in [-0.39, 0.29) is 18.2 Å². The summed E-state index contributed by atoms with van der Waals surface area (Å²) in [6, 6.07) is 3.26. The van der Waals surface area contributed by atoms with E-state index in [4.69, 9.17) is 4.52 Å². The second-order valence-corrected chi connectivity index (χ2v) is 4.30. The van der Waals surface area contributed by atoms with Crippen molar-refractivity contribution in [1.29, 1.82) is 0 Å². The molecule has 1 fully saturated rings. The maximum Gasteiger partial charge on any atom is 0.170 e. The third-order valence-corrected chi connectivity index (χ3v) is 3.18. The number of nitrogens with one attached hydrogen (secondary N) is 1. The van der Waals surface area contributed by atoms with Crippen molar-refractivity contribution in [2.75, 3.05) is 31.1 Å². The summed E-state index contributed by atoms with van der Waals surface area (Å²) in [5, 5.41) is 7.99. The van der Waals surface area contributed by atoms with Crippen molar-refractivity contribution in [3.8, 4) is 0 Å². The van der Waals surface area contributed by atoms with Gasteiger partial charge in [0, 0.05) is 37.6 Å². The average molecular weight is 272 g/mol. The van der Waals surface area contributed by atoms with E-state index in [1.165, 1.54) is 6.07 Å². The summed E-state index contributed by atoms with van der Waals surface area (Å²) in [7, 11) is 0. The highest BCUT2D eigenvalue weighted by Gasteiger charge is 2.17. The van der Waals surface area contributed by atoms with E-state index in [1.807, 2.05) is 13.0 Å². The molecule has 98 valence electrons. The van der Waals surface area contributed by atoms with Crippen molar-refractivity contribution in [2.45, 2.75) is 6.92 Å². The fourth-order valence-corrected chi connectivity index (χ4v) is 2.22. The van der Waals surface area contributed by atoms with Crippen molar-refractivity contribution in [1.82, 2.24) is 10.5 Å². The molecule has 18 heavy (non-hydrogen) atoms. The number of anilines is 1. The van der Waals surface area contributed by atoms with Crippen LogP contribution in [0.4, 0.5) is 10.1 Å². The van der Waals surface area contributed by atoms with Gasteiger partial charge in [0.25, 0.3) is 0 Å². The highest BCUT2D eigenvalue weighted by atomic mass is 35.5. The van der Waals surface area contributed by atoms with Crippen LogP contribution in [0, 0.1) is 12.7 Å². The maximum atomic E-state index is 14.0. The van der Waals surface area contributed by atoms with E-state index in [1.54, 1.807) is 0 Å². The summed E-state index contributed by atoms with van der Waals surface area (Å²) in [4.78, 5) is 2.05. The molecule has 1 saturated heterocycles. The van der Waals surface area contributed by atoms with Gasteiger partial charge in [-0.25, -0.2) is 4.39 Å². The topological polar surface area (TPSA) is 41.3 Å². The molecular formula is C12H15ClFN3O. The number of nitrogens with zero attached hydrogens (tertiary/aromatic N) is 2. The molecule has 0 amide bonds. The zero-order chi connectivity index (χ0) is 11.8. The molecule has 1 aromatic carbocycles. The Bertz CT molecular complexity index is 551. The van der Waals surface area contributed by atoms with Crippen molar-refractivity contribution in [2.24, 2.45) is 0 Å². The molecule has 4 nitrogen and oxygen atoms in total. The minimum absolute atomic E-state index is 0. The van der Waals surface area contributed by atoms with Gasteiger partial charge in [-0.1, -0.05) is 5.16 Å². The molecule has 2 heterocycles. The number of aryl methyl sites for hydroxylation is 1. The number of fused-ring (bicyclic) bond motifs is 1. The number of piperazine rings is 1. The lowest BCUT2D eigenvalue weighted by molar-refractivity contribution is 0.448. The average Bonchev–Trinajstić information content (AvgIpc) is 2.70. The summed E-state index contributed by atoms with van der Waals surface area (Å²) < 4.78 is 19.0. The minimum Gasteiger partial charge on any atom is -0.367 e. The molecule has 0 aliphatic carbocycles. The Balaban J connectivity index is 0.00000120. The Hall–Kier alpha value is -1.33. The summed E-state index contributed by atoms with van der Waals surface area (Å²) in [6.45, 7) is 5.30. The fraction of sp³-hybridized carbons (Fsp3) is 0.417. The first-order valence-electron chi connectivity index (χ1n) is 5.77. The van der Waals surface area contributed by atoms with Gasteiger partial charge in [0.1, 0.15) is 5.82 Å². The first-order valence-corrected chi connectivity index (χ1v) is 5.77. The van der Waals surface area contributed by atoms with Gasteiger partial charge < -0.3 is 14.7 Å². The van der Waals surface area contributed by atoms with Crippen LogP contribution in [0.25, 0.3) is 11.0 Å². The number of halogens is 2. The largest absolute Gasteiger partial charge is 0.367 e. The van der Waals surface area contributed by atoms with Gasteiger partial charge in [0.05, 0.1) is 11.4 Å². The lowest BCUT2D eigenvalue weighted by atomic mass is 10.1. The van der Waals surface area contributed by atoms with Crippen LogP contribution in [0.15, 0.2) is 16.7 Å². The number of hydrogen-bond donors (Lipinski definition) is 1. The number of aromatic nitrogens is 1. The third-order valence-electron chi connectivity index (χ3n) is 3.18. The molecule has 0 radical (unpaired) electrons. The molecule has 1 aromatic heterocycles. The standard InChI is InChI=1S/C12H14FN3O.ClH/c1-8-9-6-11(16-4-2-14-3-5-16)10(13)7-12(9)17-15-8;/h6-7,14H,2-5H2,1H3;1H. The van der Waals surface area contributed by atoms with Crippen molar-refractivity contribution in [3.05, 3.63) is 23.6 Å². The molecule has 1 aliphatic heterocycles. The molecule has 3 rings (SSSR count). The number of benzene rings is 1. The smallest absolute Gasteiger partial charge is 0.170 e. The first-order chi connectivity index (χ1) is 8.25. The molecule has 1 aliphatic rings. The minimum atomic E-state index is -0.240. The van der Waals surface area contributed by atoms with Crippen LogP contribution in [0.1, 0.15) is 5.69 Å². The predicted molar refractivity (Wildman–Crippen MR) is 71.0 cm³/mol. The van der Waals surface area contributed by atoms with E-state index in [2.05, 4.69) is 15.4 Å². The van der Waals surface area contributed by atoms with Gasteiger partial charge >= 0.3 is 0 Å². The molecule has 6 heteroatoms. The van der Waals surface area contributed by atoms with Crippen LogP contribution in [-0.2, 0) is 0 Å². The van der Waals surface area contributed by atoms with E-state index in [0.717, 1.165) is 37.3 Å². The monoisotopic (exact) mass is 271 g/mol. The fourth-order valence-electron chi connectivity index (χ4n) is 2.22. The van der Waals surface area contributed by atoms with Crippen LogP contribution in [0.2, 0.25) is 0 Å². The zero-order valence-electron chi connectivity index (χ0n) is 10.1.